The van der Waals surface area contributed by atoms with Gasteiger partial charge in [0.25, 0.3) is 17.7 Å². The number of carbonyl (C=O) groups is 6. The van der Waals surface area contributed by atoms with E-state index in [2.05, 4.69) is 52.3 Å². The third-order valence-corrected chi connectivity index (χ3v) is 16.4. The number of methoxy groups -OCH3 is 2. The normalized spacial score (nSPS) is 15.0. The quantitative estimate of drug-likeness (QED) is 0.0279. The van der Waals surface area contributed by atoms with Gasteiger partial charge in [0.05, 0.1) is 114 Å². The van der Waals surface area contributed by atoms with Gasteiger partial charge in [-0.05, 0) is 83.4 Å². The smallest absolute Gasteiger partial charge is 0.340 e. The van der Waals surface area contributed by atoms with Crippen LogP contribution in [0.2, 0.25) is 0 Å². The zero-order valence-corrected chi connectivity index (χ0v) is 52.9. The molecule has 0 atom stereocenters. The number of nitrogens with zero attached hydrogens (tertiary/aromatic N) is 3. The van der Waals surface area contributed by atoms with E-state index >= 15 is 0 Å². The van der Waals surface area contributed by atoms with Crippen LogP contribution < -0.4 is 30.2 Å². The van der Waals surface area contributed by atoms with E-state index in [0.717, 1.165) is 111 Å². The Bertz CT molecular complexity index is 3250. The minimum Gasteiger partial charge on any atom is -0.495 e. The molecule has 0 radical (unpaired) electrons. The van der Waals surface area contributed by atoms with Crippen molar-refractivity contribution < 1.29 is 70.6 Å². The van der Waals surface area contributed by atoms with Crippen LogP contribution in [0.15, 0.2) is 146 Å². The van der Waals surface area contributed by atoms with E-state index < -0.39 is 17.9 Å². The van der Waals surface area contributed by atoms with Crippen molar-refractivity contribution in [2.24, 2.45) is 0 Å². The molecule has 0 spiro atoms. The standard InChI is InChI=1S/2C24H30N2O4.C23H28N2O4/c1-3-30-24(28)20-13-10-14-21(29-2)23(20)25-22(27)18-26(15-8-5-9-16-26)17-19-11-6-4-7-12-19;1-3-29-21-14-10-13-20(24(28)30-4-2)23(21)25-22(27)18-26(15-8-9-16-26)17-19-11-6-5-7-12-19;1-3-29-23(27)19-12-9-13-20(28-2)22(19)24-21(26)17-25(14-7-8-15-25)16-18-10-5-4-6-11-18/h4,6-7,10-14H,3,5,8-9,15-18H2,1-2H3;5-7,10-14H,3-4,8-9,15-18H2,1-2H3;4-6,9-13H,3,7-8,14-17H2,1-2H3/p+3. The van der Waals surface area contributed by atoms with Crippen LogP contribution in [0.5, 0.6) is 17.2 Å². The van der Waals surface area contributed by atoms with Gasteiger partial charge in [0.15, 0.2) is 19.6 Å². The Morgan fingerprint density at radius 1 is 0.348 bits per heavy atom. The fourth-order valence-corrected chi connectivity index (χ4v) is 12.4. The van der Waals surface area contributed by atoms with Crippen LogP contribution in [0.3, 0.4) is 0 Å². The van der Waals surface area contributed by atoms with Crippen LogP contribution in [-0.2, 0) is 48.2 Å². The summed E-state index contributed by atoms with van der Waals surface area (Å²) in [5, 5.41) is 8.83. The molecule has 9 rings (SSSR count). The molecular formula is C71H91N6O12+3. The van der Waals surface area contributed by atoms with E-state index in [0.29, 0.717) is 77.2 Å². The first-order valence-electron chi connectivity index (χ1n) is 31.4. The molecule has 0 unspecified atom stereocenters. The summed E-state index contributed by atoms with van der Waals surface area (Å²) in [6.07, 6.45) is 7.89. The van der Waals surface area contributed by atoms with Gasteiger partial charge in [-0.2, -0.15) is 0 Å². The minimum atomic E-state index is -0.476. The number of hydrogen-bond donors (Lipinski definition) is 3. The summed E-state index contributed by atoms with van der Waals surface area (Å²) in [7, 11) is 3.04. The first-order valence-corrected chi connectivity index (χ1v) is 31.4. The largest absolute Gasteiger partial charge is 0.495 e. The van der Waals surface area contributed by atoms with Gasteiger partial charge in [0.2, 0.25) is 0 Å². The highest BCUT2D eigenvalue weighted by Crippen LogP contribution is 2.34. The maximum absolute atomic E-state index is 13.1. The number of esters is 3. The van der Waals surface area contributed by atoms with Crippen molar-refractivity contribution >= 4 is 52.7 Å². The van der Waals surface area contributed by atoms with Crippen molar-refractivity contribution in [3.8, 4) is 17.2 Å². The molecule has 18 heteroatoms. The molecule has 0 aromatic heterocycles. The summed E-state index contributed by atoms with van der Waals surface area (Å²) >= 11 is 0. The summed E-state index contributed by atoms with van der Waals surface area (Å²) in [6, 6.07) is 46.2. The fraction of sp³-hybridized carbons (Fsp3) is 0.408. The first-order chi connectivity index (χ1) is 43.2. The number of rotatable bonds is 25. The van der Waals surface area contributed by atoms with Gasteiger partial charge in [-0.3, -0.25) is 14.4 Å². The number of benzene rings is 6. The molecule has 3 aliphatic rings. The number of hydrogen-bond acceptors (Lipinski definition) is 12. The number of carbonyl (C=O) groups excluding carboxylic acids is 6. The second kappa shape index (κ2) is 34.2. The summed E-state index contributed by atoms with van der Waals surface area (Å²) in [5.41, 5.74) is 5.74. The molecule has 3 fully saturated rings. The lowest BCUT2D eigenvalue weighted by Gasteiger charge is -2.41. The lowest BCUT2D eigenvalue weighted by Crippen LogP contribution is -2.54. The zero-order valence-electron chi connectivity index (χ0n) is 52.9. The molecule has 6 aromatic rings. The Morgan fingerprint density at radius 3 is 0.910 bits per heavy atom. The monoisotopic (exact) mass is 1220 g/mol. The van der Waals surface area contributed by atoms with Gasteiger partial charge in [-0.15, -0.1) is 0 Å². The number of quaternary nitrogens is 3. The second-order valence-electron chi connectivity index (χ2n) is 22.9. The molecule has 0 aliphatic carbocycles. The van der Waals surface area contributed by atoms with Crippen molar-refractivity contribution in [2.75, 3.05) is 116 Å². The average molecular weight is 1220 g/mol. The summed E-state index contributed by atoms with van der Waals surface area (Å²) < 4.78 is 34.1. The molecule has 0 bridgehead atoms. The van der Waals surface area contributed by atoms with Gasteiger partial charge in [-0.25, -0.2) is 14.4 Å². The van der Waals surface area contributed by atoms with Crippen LogP contribution in [0.25, 0.3) is 0 Å². The molecule has 89 heavy (non-hydrogen) atoms. The molecule has 3 aliphatic heterocycles. The van der Waals surface area contributed by atoms with E-state index in [-0.39, 0.29) is 37.5 Å². The zero-order chi connectivity index (χ0) is 63.5. The number of nitrogens with one attached hydrogen (secondary N) is 3. The number of para-hydroxylation sites is 3. The summed E-state index contributed by atoms with van der Waals surface area (Å²) in [6.45, 7) is 17.7. The molecule has 6 aromatic carbocycles. The molecular weight excluding hydrogens is 1130 g/mol. The summed E-state index contributed by atoms with van der Waals surface area (Å²) in [4.78, 5) is 76.4. The fourth-order valence-electron chi connectivity index (χ4n) is 12.4. The Morgan fingerprint density at radius 2 is 0.629 bits per heavy atom. The van der Waals surface area contributed by atoms with Crippen LogP contribution >= 0.6 is 0 Å². The van der Waals surface area contributed by atoms with Gasteiger partial charge >= 0.3 is 17.9 Å². The average Bonchev–Trinajstić information content (AvgIpc) is 2.75. The SMILES string of the molecule is CCOC(=O)c1cccc(OC)c1NC(=O)C[N+]1(Cc2ccccc2)CCCC1.CCOC(=O)c1cccc(OC)c1NC(=O)C[N+]1(Cc2ccccc2)CCCCC1.CCOC(=O)c1cccc(OCC)c1NC(=O)C[N+]1(Cc2ccccc2)CCCC1. The predicted molar refractivity (Wildman–Crippen MR) is 345 cm³/mol. The van der Waals surface area contributed by atoms with Crippen molar-refractivity contribution in [2.45, 2.75) is 92.3 Å². The first kappa shape index (κ1) is 67.9. The molecule has 3 saturated heterocycles. The summed E-state index contributed by atoms with van der Waals surface area (Å²) in [5.74, 6) is -0.418. The van der Waals surface area contributed by atoms with Gasteiger partial charge in [-0.1, -0.05) is 109 Å². The number of ether oxygens (including phenoxy) is 6. The molecule has 3 N–H and O–H groups in total. The van der Waals surface area contributed by atoms with Gasteiger partial charge < -0.3 is 57.8 Å². The lowest BCUT2D eigenvalue weighted by atomic mass is 10.0. The van der Waals surface area contributed by atoms with Gasteiger partial charge in [0.1, 0.15) is 36.9 Å². The van der Waals surface area contributed by atoms with Crippen LogP contribution in [0.1, 0.15) is 120 Å². The van der Waals surface area contributed by atoms with Crippen molar-refractivity contribution in [3.63, 3.8) is 0 Å². The number of likely N-dealkylation sites (tertiary alicyclic amines) is 3. The topological polar surface area (TPSA) is 194 Å². The second-order valence-corrected chi connectivity index (χ2v) is 22.9. The van der Waals surface area contributed by atoms with E-state index in [1.165, 1.54) is 37.3 Å². The predicted octanol–water partition coefficient (Wildman–Crippen LogP) is 11.6. The Kier molecular flexibility index (Phi) is 26.1. The maximum Gasteiger partial charge on any atom is 0.340 e. The molecule has 474 valence electrons. The Balaban J connectivity index is 0.000000190. The van der Waals surface area contributed by atoms with Crippen LogP contribution in [0.4, 0.5) is 17.1 Å². The number of anilines is 3. The van der Waals surface area contributed by atoms with Crippen molar-refractivity contribution in [1.82, 2.24) is 0 Å². The Hall–Kier alpha value is -8.58. The van der Waals surface area contributed by atoms with Crippen molar-refractivity contribution in [1.29, 1.82) is 0 Å². The third kappa shape index (κ3) is 19.7. The van der Waals surface area contributed by atoms with E-state index in [4.69, 9.17) is 28.4 Å². The molecule has 3 heterocycles. The van der Waals surface area contributed by atoms with Crippen LogP contribution in [-0.4, -0.2) is 149 Å². The van der Waals surface area contributed by atoms with Crippen molar-refractivity contribution in [3.05, 3.63) is 179 Å². The lowest BCUT2D eigenvalue weighted by molar-refractivity contribution is -0.937. The molecule has 0 saturated carbocycles. The molecule has 3 amide bonds. The van der Waals surface area contributed by atoms with Crippen LogP contribution in [0, 0.1) is 0 Å². The van der Waals surface area contributed by atoms with E-state index in [1.807, 2.05) is 61.5 Å². The van der Waals surface area contributed by atoms with E-state index in [1.54, 1.807) is 75.4 Å². The highest BCUT2D eigenvalue weighted by atomic mass is 16.5. The number of piperidine rings is 1. The van der Waals surface area contributed by atoms with Gasteiger partial charge in [0, 0.05) is 42.4 Å². The van der Waals surface area contributed by atoms with E-state index in [9.17, 15) is 28.8 Å². The highest BCUT2D eigenvalue weighted by molar-refractivity contribution is 6.05. The Labute approximate surface area is 525 Å². The number of amides is 3. The minimum absolute atomic E-state index is 0.120. The maximum atomic E-state index is 13.1. The highest BCUT2D eigenvalue weighted by Gasteiger charge is 2.38. The third-order valence-electron chi connectivity index (χ3n) is 16.4. The molecule has 18 nitrogen and oxygen atoms in total.